The number of nitrogens with one attached hydrogen (secondary N) is 2. The number of benzene rings is 1. The maximum absolute atomic E-state index is 15.1. The van der Waals surface area contributed by atoms with Crippen LogP contribution in [0.4, 0.5) is 17.6 Å². The van der Waals surface area contributed by atoms with Gasteiger partial charge in [0.25, 0.3) is 5.56 Å². The molecule has 5 nitrogen and oxygen atoms in total. The molecule has 1 heterocycles. The third-order valence-electron chi connectivity index (χ3n) is 4.68. The zero-order valence-electron chi connectivity index (χ0n) is 15.3. The van der Waals surface area contributed by atoms with Crippen LogP contribution in [-0.4, -0.2) is 15.9 Å². The first kappa shape index (κ1) is 20.0. The molecule has 1 aliphatic rings. The number of aromatic nitrogens is 2. The van der Waals surface area contributed by atoms with Crippen molar-refractivity contribution in [2.45, 2.75) is 45.8 Å². The van der Waals surface area contributed by atoms with Gasteiger partial charge >= 0.3 is 6.18 Å². The van der Waals surface area contributed by atoms with Gasteiger partial charge in [0.05, 0.1) is 16.8 Å². The van der Waals surface area contributed by atoms with Gasteiger partial charge in [-0.05, 0) is 25.3 Å². The molecule has 1 amide bonds. The van der Waals surface area contributed by atoms with E-state index in [-0.39, 0.29) is 23.9 Å². The topological polar surface area (TPSA) is 74.8 Å². The van der Waals surface area contributed by atoms with Crippen molar-refractivity contribution in [3.63, 3.8) is 0 Å². The summed E-state index contributed by atoms with van der Waals surface area (Å²) < 4.78 is 55.5. The summed E-state index contributed by atoms with van der Waals surface area (Å²) in [6.07, 6.45) is -3.22. The van der Waals surface area contributed by atoms with Gasteiger partial charge in [-0.25, -0.2) is 9.37 Å². The molecule has 0 saturated carbocycles. The van der Waals surface area contributed by atoms with Gasteiger partial charge in [-0.15, -0.1) is 0 Å². The average Bonchev–Trinajstić information content (AvgIpc) is 3.08. The molecule has 2 N–H and O–H groups in total. The second-order valence-corrected chi connectivity index (χ2v) is 7.02. The normalized spacial score (nSPS) is 13.7. The van der Waals surface area contributed by atoms with Crippen LogP contribution in [0.15, 0.2) is 16.9 Å². The molecular weight excluding hydrogens is 378 g/mol. The number of H-pyrrole nitrogens is 1. The standard InChI is InChI=1S/C19H19F4N3O2/c1-9(2)17(27)24-8-10-6-7-12(19(21,22)23)14(15(10)20)16-25-13-5-3-4-11(13)18(28)26-16/h6-7,9H,3-5,8H2,1-2H3,(H,24,27)(H,25,26,28). The second kappa shape index (κ2) is 7.37. The van der Waals surface area contributed by atoms with Crippen molar-refractivity contribution >= 4 is 5.91 Å². The van der Waals surface area contributed by atoms with E-state index in [1.165, 1.54) is 0 Å². The van der Waals surface area contributed by atoms with Gasteiger partial charge in [0.2, 0.25) is 5.91 Å². The largest absolute Gasteiger partial charge is 0.417 e. The Morgan fingerprint density at radius 1 is 1.29 bits per heavy atom. The monoisotopic (exact) mass is 397 g/mol. The summed E-state index contributed by atoms with van der Waals surface area (Å²) in [6, 6.07) is 1.72. The van der Waals surface area contributed by atoms with Gasteiger partial charge in [-0.2, -0.15) is 13.2 Å². The Morgan fingerprint density at radius 2 is 2.00 bits per heavy atom. The summed E-state index contributed by atoms with van der Waals surface area (Å²) in [5.74, 6) is -2.33. The molecule has 0 aliphatic heterocycles. The minimum Gasteiger partial charge on any atom is -0.352 e. The van der Waals surface area contributed by atoms with Gasteiger partial charge in [0, 0.05) is 23.6 Å². The molecule has 0 bridgehead atoms. The maximum Gasteiger partial charge on any atom is 0.417 e. The van der Waals surface area contributed by atoms with Crippen LogP contribution in [-0.2, 0) is 30.4 Å². The van der Waals surface area contributed by atoms with Gasteiger partial charge in [-0.3, -0.25) is 9.59 Å². The average molecular weight is 397 g/mol. The Balaban J connectivity index is 2.12. The van der Waals surface area contributed by atoms with Gasteiger partial charge in [-0.1, -0.05) is 19.9 Å². The van der Waals surface area contributed by atoms with Crippen LogP contribution >= 0.6 is 0 Å². The summed E-state index contributed by atoms with van der Waals surface area (Å²) in [5.41, 5.74) is -1.90. The van der Waals surface area contributed by atoms with Gasteiger partial charge in [0.1, 0.15) is 11.6 Å². The summed E-state index contributed by atoms with van der Waals surface area (Å²) in [5, 5.41) is 2.48. The van der Waals surface area contributed by atoms with E-state index in [1.807, 2.05) is 0 Å². The van der Waals surface area contributed by atoms with Crippen LogP contribution in [0.2, 0.25) is 0 Å². The Kier molecular flexibility index (Phi) is 5.27. The minimum absolute atomic E-state index is 0.125. The smallest absolute Gasteiger partial charge is 0.352 e. The number of hydrogen-bond donors (Lipinski definition) is 2. The van der Waals surface area contributed by atoms with Gasteiger partial charge in [0.15, 0.2) is 0 Å². The first-order chi connectivity index (χ1) is 13.1. The molecule has 9 heteroatoms. The van der Waals surface area contributed by atoms with E-state index >= 15 is 4.39 Å². The number of amides is 1. The maximum atomic E-state index is 15.1. The molecule has 0 fully saturated rings. The van der Waals surface area contributed by atoms with Crippen molar-refractivity contribution in [1.29, 1.82) is 0 Å². The zero-order chi connectivity index (χ0) is 20.6. The molecule has 0 saturated heterocycles. The molecule has 1 aromatic carbocycles. The fourth-order valence-electron chi connectivity index (χ4n) is 3.17. The van der Waals surface area contributed by atoms with E-state index < -0.39 is 34.5 Å². The Hall–Kier alpha value is -2.71. The molecular formula is C19H19F4N3O2. The number of carbonyl (C=O) groups is 1. The highest BCUT2D eigenvalue weighted by Crippen LogP contribution is 2.38. The highest BCUT2D eigenvalue weighted by Gasteiger charge is 2.37. The van der Waals surface area contributed by atoms with Crippen LogP contribution in [0.1, 0.15) is 42.7 Å². The number of fused-ring (bicyclic) bond motifs is 1. The summed E-state index contributed by atoms with van der Waals surface area (Å²) in [7, 11) is 0. The van der Waals surface area contributed by atoms with E-state index in [0.717, 1.165) is 12.1 Å². The lowest BCUT2D eigenvalue weighted by Gasteiger charge is -2.17. The van der Waals surface area contributed by atoms with Crippen LogP contribution in [0.25, 0.3) is 11.4 Å². The molecule has 28 heavy (non-hydrogen) atoms. The van der Waals surface area contributed by atoms with Crippen molar-refractivity contribution in [3.8, 4) is 11.4 Å². The fraction of sp³-hybridized carbons (Fsp3) is 0.421. The quantitative estimate of drug-likeness (QED) is 0.777. The number of alkyl halides is 3. The zero-order valence-corrected chi connectivity index (χ0v) is 15.3. The number of carbonyl (C=O) groups excluding carboxylic acids is 1. The Labute approximate surface area is 158 Å². The van der Waals surface area contributed by atoms with Crippen molar-refractivity contribution in [3.05, 3.63) is 50.7 Å². The molecule has 0 radical (unpaired) electrons. The summed E-state index contributed by atoms with van der Waals surface area (Å²) >= 11 is 0. The fourth-order valence-corrected chi connectivity index (χ4v) is 3.17. The van der Waals surface area contributed by atoms with E-state index in [2.05, 4.69) is 15.3 Å². The lowest BCUT2D eigenvalue weighted by atomic mass is 10.0. The molecule has 0 unspecified atom stereocenters. The summed E-state index contributed by atoms with van der Waals surface area (Å²) in [6.45, 7) is 3.01. The molecule has 150 valence electrons. The highest BCUT2D eigenvalue weighted by molar-refractivity contribution is 5.77. The number of aryl methyl sites for hydroxylation is 1. The SMILES string of the molecule is CC(C)C(=O)NCc1ccc(C(F)(F)F)c(-c2nc3c(c(=O)[nH]2)CCC3)c1F. The first-order valence-electron chi connectivity index (χ1n) is 8.88. The van der Waals surface area contributed by atoms with Crippen molar-refractivity contribution in [2.24, 2.45) is 5.92 Å². The van der Waals surface area contributed by atoms with Crippen molar-refractivity contribution in [2.75, 3.05) is 0 Å². The molecule has 1 aromatic heterocycles. The number of rotatable bonds is 4. The minimum atomic E-state index is -4.84. The van der Waals surface area contributed by atoms with Crippen molar-refractivity contribution < 1.29 is 22.4 Å². The molecule has 2 aromatic rings. The number of aromatic amines is 1. The van der Waals surface area contributed by atoms with Crippen LogP contribution in [0.3, 0.4) is 0 Å². The van der Waals surface area contributed by atoms with Crippen LogP contribution in [0, 0.1) is 11.7 Å². The third kappa shape index (κ3) is 3.79. The molecule has 3 rings (SSSR count). The Morgan fingerprint density at radius 3 is 2.64 bits per heavy atom. The Bertz CT molecular complexity index is 980. The lowest BCUT2D eigenvalue weighted by Crippen LogP contribution is -2.27. The highest BCUT2D eigenvalue weighted by atomic mass is 19.4. The van der Waals surface area contributed by atoms with E-state index in [0.29, 0.717) is 30.5 Å². The third-order valence-corrected chi connectivity index (χ3v) is 4.68. The van der Waals surface area contributed by atoms with Gasteiger partial charge < -0.3 is 10.3 Å². The van der Waals surface area contributed by atoms with Crippen LogP contribution < -0.4 is 10.9 Å². The number of hydrogen-bond acceptors (Lipinski definition) is 3. The van der Waals surface area contributed by atoms with E-state index in [9.17, 15) is 22.8 Å². The predicted molar refractivity (Wildman–Crippen MR) is 94.0 cm³/mol. The number of nitrogens with zero attached hydrogens (tertiary/aromatic N) is 1. The second-order valence-electron chi connectivity index (χ2n) is 7.02. The molecule has 0 spiro atoms. The van der Waals surface area contributed by atoms with E-state index in [1.54, 1.807) is 13.8 Å². The van der Waals surface area contributed by atoms with E-state index in [4.69, 9.17) is 0 Å². The van der Waals surface area contributed by atoms with Crippen LogP contribution in [0.5, 0.6) is 0 Å². The predicted octanol–water partition coefficient (Wildman–Crippen LogP) is 3.36. The molecule has 1 aliphatic carbocycles. The lowest BCUT2D eigenvalue weighted by molar-refractivity contribution is -0.137. The summed E-state index contributed by atoms with van der Waals surface area (Å²) in [4.78, 5) is 30.3. The number of halogens is 4. The first-order valence-corrected chi connectivity index (χ1v) is 8.88. The molecule has 0 atom stereocenters. The van der Waals surface area contributed by atoms with Crippen molar-refractivity contribution in [1.82, 2.24) is 15.3 Å².